The molecule has 1 heterocycles. The number of carbonyl (C=O) groups excluding carboxylic acids is 2. The second-order valence-electron chi connectivity index (χ2n) is 7.66. The van der Waals surface area contributed by atoms with Crippen LogP contribution in [0.1, 0.15) is 6.92 Å². The van der Waals surface area contributed by atoms with Crippen LogP contribution in [-0.2, 0) is 18.9 Å². The molecule has 0 saturated carbocycles. The van der Waals surface area contributed by atoms with Crippen LogP contribution in [0.5, 0.6) is 17.2 Å². The van der Waals surface area contributed by atoms with E-state index in [1.54, 1.807) is 54.6 Å². The van der Waals surface area contributed by atoms with Crippen molar-refractivity contribution in [1.82, 2.24) is 5.09 Å². The van der Waals surface area contributed by atoms with E-state index in [1.165, 1.54) is 38.5 Å². The Morgan fingerprint density at radius 3 is 2.27 bits per heavy atom. The van der Waals surface area contributed by atoms with E-state index in [0.29, 0.717) is 16.9 Å². The summed E-state index contributed by atoms with van der Waals surface area (Å²) in [5.74, 6) is -0.439. The summed E-state index contributed by atoms with van der Waals surface area (Å²) in [6.07, 6.45) is 1.30. The molecule has 1 aromatic heterocycles. The van der Waals surface area contributed by atoms with Crippen molar-refractivity contribution in [2.45, 2.75) is 6.92 Å². The van der Waals surface area contributed by atoms with Gasteiger partial charge in [-0.15, -0.1) is 0 Å². The fraction of sp³-hybridized carbons (Fsp3) is 0.115. The first-order valence-corrected chi connectivity index (χ1v) is 12.5. The fourth-order valence-corrected chi connectivity index (χ4v) is 4.59. The minimum atomic E-state index is -4.10. The number of para-hydroxylation sites is 1. The minimum absolute atomic E-state index is 0.0748. The van der Waals surface area contributed by atoms with Gasteiger partial charge in [-0.05, 0) is 42.0 Å². The van der Waals surface area contributed by atoms with Gasteiger partial charge in [-0.25, -0.2) is 4.57 Å². The lowest BCUT2D eigenvalue weighted by atomic mass is 10.1. The summed E-state index contributed by atoms with van der Waals surface area (Å²) in [5, 5.41) is 2.72. The Labute approximate surface area is 211 Å². The van der Waals surface area contributed by atoms with E-state index in [9.17, 15) is 18.9 Å². The smallest absolute Gasteiger partial charge is 0.468 e. The van der Waals surface area contributed by atoms with E-state index < -0.39 is 26.2 Å². The standard InChI is InChI=1S/C26H22NO9P/c1-17(28)34-19-10-8-18(9-11-19)23-16-33-24-14-21(12-13-22(24)26(23)30)36-37(31,27-15-25(29)32-2)35-20-6-4-3-5-7-20/h3-14,16H,15H2,1-2H3,(H,27,31). The molecule has 0 radical (unpaired) electrons. The summed E-state index contributed by atoms with van der Waals surface area (Å²) in [4.78, 5) is 35.8. The van der Waals surface area contributed by atoms with Crippen molar-refractivity contribution in [3.8, 4) is 28.4 Å². The van der Waals surface area contributed by atoms with Crippen LogP contribution in [0.15, 0.2) is 88.3 Å². The van der Waals surface area contributed by atoms with Crippen LogP contribution in [0.2, 0.25) is 0 Å². The zero-order valence-electron chi connectivity index (χ0n) is 19.8. The monoisotopic (exact) mass is 523 g/mol. The van der Waals surface area contributed by atoms with Crippen molar-refractivity contribution in [2.24, 2.45) is 0 Å². The first-order valence-electron chi connectivity index (χ1n) is 11.0. The molecular weight excluding hydrogens is 501 g/mol. The van der Waals surface area contributed by atoms with E-state index in [2.05, 4.69) is 9.82 Å². The first-order chi connectivity index (χ1) is 17.8. The maximum absolute atomic E-state index is 13.4. The Hall–Kier alpha value is -4.40. The maximum Gasteiger partial charge on any atom is 0.513 e. The van der Waals surface area contributed by atoms with Crippen molar-refractivity contribution >= 4 is 30.7 Å². The highest BCUT2D eigenvalue weighted by molar-refractivity contribution is 7.52. The average molecular weight is 523 g/mol. The summed E-state index contributed by atoms with van der Waals surface area (Å²) in [5.41, 5.74) is 0.746. The van der Waals surface area contributed by atoms with Gasteiger partial charge in [0, 0.05) is 13.0 Å². The van der Waals surface area contributed by atoms with Crippen molar-refractivity contribution in [1.29, 1.82) is 0 Å². The quantitative estimate of drug-likeness (QED) is 0.187. The Balaban J connectivity index is 1.61. The van der Waals surface area contributed by atoms with Gasteiger partial charge in [0.2, 0.25) is 0 Å². The van der Waals surface area contributed by atoms with Crippen LogP contribution in [0, 0.1) is 0 Å². The molecule has 1 atom stereocenters. The molecule has 3 aromatic carbocycles. The van der Waals surface area contributed by atoms with Gasteiger partial charge in [-0.3, -0.25) is 14.4 Å². The van der Waals surface area contributed by atoms with E-state index in [0.717, 1.165) is 0 Å². The van der Waals surface area contributed by atoms with Gasteiger partial charge in [0.25, 0.3) is 0 Å². The third-order valence-electron chi connectivity index (χ3n) is 5.01. The summed E-state index contributed by atoms with van der Waals surface area (Å²) in [6.45, 7) is 0.870. The van der Waals surface area contributed by atoms with Crippen LogP contribution >= 0.6 is 7.75 Å². The molecule has 10 nitrogen and oxygen atoms in total. The van der Waals surface area contributed by atoms with Crippen LogP contribution in [0.25, 0.3) is 22.1 Å². The highest BCUT2D eigenvalue weighted by Gasteiger charge is 2.30. The zero-order chi connectivity index (χ0) is 26.4. The summed E-state index contributed by atoms with van der Waals surface area (Å²) >= 11 is 0. The maximum atomic E-state index is 13.4. The molecular formula is C26H22NO9P. The number of fused-ring (bicyclic) bond motifs is 1. The van der Waals surface area contributed by atoms with Gasteiger partial charge in [0.15, 0.2) is 5.43 Å². The third kappa shape index (κ3) is 6.43. The number of ether oxygens (including phenoxy) is 2. The first kappa shape index (κ1) is 25.7. The van der Waals surface area contributed by atoms with Gasteiger partial charge in [-0.1, -0.05) is 30.3 Å². The predicted octanol–water partition coefficient (Wildman–Crippen LogP) is 4.71. The van der Waals surface area contributed by atoms with Crippen LogP contribution in [0.3, 0.4) is 0 Å². The molecule has 37 heavy (non-hydrogen) atoms. The molecule has 1 unspecified atom stereocenters. The number of hydrogen-bond donors (Lipinski definition) is 1. The van der Waals surface area contributed by atoms with Gasteiger partial charge in [-0.2, -0.15) is 5.09 Å². The normalized spacial score (nSPS) is 12.4. The molecule has 1 N–H and O–H groups in total. The molecule has 4 aromatic rings. The third-order valence-corrected chi connectivity index (χ3v) is 6.46. The number of methoxy groups -OCH3 is 1. The van der Waals surface area contributed by atoms with Crippen molar-refractivity contribution in [3.05, 3.63) is 89.3 Å². The molecule has 11 heteroatoms. The summed E-state index contributed by atoms with van der Waals surface area (Å²) in [6, 6.07) is 19.0. The lowest BCUT2D eigenvalue weighted by molar-refractivity contribution is -0.139. The second kappa shape index (κ2) is 11.1. The second-order valence-corrected chi connectivity index (χ2v) is 9.33. The van der Waals surface area contributed by atoms with Crippen molar-refractivity contribution in [3.63, 3.8) is 0 Å². The van der Waals surface area contributed by atoms with E-state index in [1.807, 2.05) is 0 Å². The van der Waals surface area contributed by atoms with Crippen molar-refractivity contribution in [2.75, 3.05) is 13.7 Å². The number of hydrogen-bond acceptors (Lipinski definition) is 9. The average Bonchev–Trinajstić information content (AvgIpc) is 2.88. The van der Waals surface area contributed by atoms with Crippen LogP contribution in [0.4, 0.5) is 0 Å². The van der Waals surface area contributed by atoms with Crippen LogP contribution in [-0.4, -0.2) is 25.6 Å². The molecule has 0 amide bonds. The molecule has 0 aliphatic rings. The molecule has 4 rings (SSSR count). The molecule has 0 fully saturated rings. The molecule has 190 valence electrons. The number of benzene rings is 3. The highest BCUT2D eigenvalue weighted by atomic mass is 31.2. The largest absolute Gasteiger partial charge is 0.513 e. The molecule has 0 saturated heterocycles. The van der Waals surface area contributed by atoms with Crippen molar-refractivity contribution < 1.29 is 37.1 Å². The topological polar surface area (TPSA) is 130 Å². The molecule has 0 aliphatic carbocycles. The van der Waals surface area contributed by atoms with Gasteiger partial charge < -0.3 is 22.9 Å². The van der Waals surface area contributed by atoms with E-state index >= 15 is 0 Å². The Kier molecular flexibility index (Phi) is 7.71. The molecule has 0 bridgehead atoms. The lowest BCUT2D eigenvalue weighted by Crippen LogP contribution is -2.26. The Bertz CT molecular complexity index is 1530. The fourth-order valence-electron chi connectivity index (χ4n) is 3.31. The predicted molar refractivity (Wildman–Crippen MR) is 135 cm³/mol. The molecule has 0 aliphatic heterocycles. The zero-order valence-corrected chi connectivity index (χ0v) is 20.7. The number of nitrogens with one attached hydrogen (secondary N) is 1. The number of esters is 2. The molecule has 0 spiro atoms. The van der Waals surface area contributed by atoms with Crippen LogP contribution < -0.4 is 24.3 Å². The summed E-state index contributed by atoms with van der Waals surface area (Å²) < 4.78 is 39.8. The minimum Gasteiger partial charge on any atom is -0.468 e. The van der Waals surface area contributed by atoms with Gasteiger partial charge in [0.05, 0.1) is 18.1 Å². The van der Waals surface area contributed by atoms with Gasteiger partial charge in [0.1, 0.15) is 35.6 Å². The van der Waals surface area contributed by atoms with E-state index in [4.69, 9.17) is 18.2 Å². The Morgan fingerprint density at radius 1 is 0.919 bits per heavy atom. The highest BCUT2D eigenvalue weighted by Crippen LogP contribution is 2.45. The Morgan fingerprint density at radius 2 is 1.59 bits per heavy atom. The van der Waals surface area contributed by atoms with E-state index in [-0.39, 0.29) is 27.9 Å². The number of carbonyl (C=O) groups is 2. The SMILES string of the molecule is COC(=O)CNP(=O)(Oc1ccccc1)Oc1ccc2c(=O)c(-c3ccc(OC(C)=O)cc3)coc2c1. The summed E-state index contributed by atoms with van der Waals surface area (Å²) in [7, 11) is -2.90. The lowest BCUT2D eigenvalue weighted by Gasteiger charge is -2.20. The van der Waals surface area contributed by atoms with Gasteiger partial charge >= 0.3 is 19.7 Å². The number of rotatable bonds is 9.